The van der Waals surface area contributed by atoms with Crippen LogP contribution in [0.25, 0.3) is 0 Å². The molecule has 1 amide bonds. The summed E-state index contributed by atoms with van der Waals surface area (Å²) >= 11 is 1.58. The molecule has 0 aromatic carbocycles. The van der Waals surface area contributed by atoms with Gasteiger partial charge in [-0.15, -0.1) is 5.10 Å². The van der Waals surface area contributed by atoms with Crippen molar-refractivity contribution < 1.29 is 4.79 Å². The normalized spacial score (nSPS) is 20.9. The van der Waals surface area contributed by atoms with Gasteiger partial charge in [-0.2, -0.15) is 0 Å². The molecule has 1 N–H and O–H groups in total. The van der Waals surface area contributed by atoms with Crippen LogP contribution in [0.5, 0.6) is 0 Å². The van der Waals surface area contributed by atoms with E-state index in [0.29, 0.717) is 6.42 Å². The maximum atomic E-state index is 11.7. The molecule has 80 valence electrons. The molecule has 5 heteroatoms. The SMILES string of the molecule is CCCCC(=O)N1N=C(NC)SC1C. The first kappa shape index (κ1) is 11.4. The Kier molecular flexibility index (Phi) is 4.25. The number of carbonyl (C=O) groups is 1. The summed E-state index contributed by atoms with van der Waals surface area (Å²) in [5.41, 5.74) is 0. The molecule has 0 aliphatic carbocycles. The highest BCUT2D eigenvalue weighted by Crippen LogP contribution is 2.24. The van der Waals surface area contributed by atoms with Crippen LogP contribution in [0.1, 0.15) is 33.1 Å². The smallest absolute Gasteiger partial charge is 0.243 e. The number of hydrogen-bond acceptors (Lipinski definition) is 4. The van der Waals surface area contributed by atoms with Gasteiger partial charge in [0.05, 0.1) is 0 Å². The summed E-state index contributed by atoms with van der Waals surface area (Å²) in [5, 5.41) is 9.67. The molecule has 0 radical (unpaired) electrons. The number of nitrogens with zero attached hydrogens (tertiary/aromatic N) is 2. The number of hydrazone groups is 1. The third kappa shape index (κ3) is 2.64. The second-order valence-corrected chi connectivity index (χ2v) is 4.52. The maximum absolute atomic E-state index is 11.7. The standard InChI is InChI=1S/C9H17N3OS/c1-4-5-6-8(13)12-7(2)14-9(10-3)11-12/h7H,4-6H2,1-3H3,(H,10,11). The van der Waals surface area contributed by atoms with Crippen LogP contribution in [0.15, 0.2) is 5.10 Å². The van der Waals surface area contributed by atoms with Gasteiger partial charge in [0, 0.05) is 13.5 Å². The first-order valence-corrected chi connectivity index (χ1v) is 5.82. The molecule has 0 bridgehead atoms. The fourth-order valence-corrected chi connectivity index (χ4v) is 2.06. The highest BCUT2D eigenvalue weighted by atomic mass is 32.2. The molecular weight excluding hydrogens is 198 g/mol. The van der Waals surface area contributed by atoms with Gasteiger partial charge in [0.1, 0.15) is 5.37 Å². The van der Waals surface area contributed by atoms with Gasteiger partial charge >= 0.3 is 0 Å². The highest BCUT2D eigenvalue weighted by Gasteiger charge is 2.27. The van der Waals surface area contributed by atoms with Gasteiger partial charge in [0.25, 0.3) is 0 Å². The lowest BCUT2D eigenvalue weighted by molar-refractivity contribution is -0.131. The Hall–Kier alpha value is -0.710. The van der Waals surface area contributed by atoms with Crippen molar-refractivity contribution in [3.8, 4) is 0 Å². The van der Waals surface area contributed by atoms with Crippen LogP contribution in [-0.2, 0) is 4.79 Å². The average Bonchev–Trinajstić information content (AvgIpc) is 2.56. The minimum Gasteiger partial charge on any atom is -0.366 e. The van der Waals surface area contributed by atoms with Crippen LogP contribution in [0.2, 0.25) is 0 Å². The molecule has 1 aliphatic rings. The number of unbranched alkanes of at least 4 members (excludes halogenated alkanes) is 1. The zero-order valence-electron chi connectivity index (χ0n) is 8.91. The zero-order valence-corrected chi connectivity index (χ0v) is 9.73. The molecule has 14 heavy (non-hydrogen) atoms. The molecule has 1 unspecified atom stereocenters. The number of amides is 1. The fraction of sp³-hybridized carbons (Fsp3) is 0.778. The quantitative estimate of drug-likeness (QED) is 0.777. The zero-order chi connectivity index (χ0) is 10.6. The second-order valence-electron chi connectivity index (χ2n) is 3.21. The summed E-state index contributed by atoms with van der Waals surface area (Å²) in [6, 6.07) is 0. The summed E-state index contributed by atoms with van der Waals surface area (Å²) in [7, 11) is 1.82. The molecule has 0 fully saturated rings. The van der Waals surface area contributed by atoms with E-state index in [1.807, 2.05) is 14.0 Å². The predicted octanol–water partition coefficient (Wildman–Crippen LogP) is 1.59. The van der Waals surface area contributed by atoms with Crippen molar-refractivity contribution in [2.75, 3.05) is 7.05 Å². The van der Waals surface area contributed by atoms with Crippen molar-refractivity contribution >= 4 is 22.8 Å². The maximum Gasteiger partial charge on any atom is 0.243 e. The Balaban J connectivity index is 2.50. The van der Waals surface area contributed by atoms with E-state index in [-0.39, 0.29) is 11.3 Å². The summed E-state index contributed by atoms with van der Waals surface area (Å²) < 4.78 is 0. The number of amidine groups is 1. The molecule has 1 atom stereocenters. The van der Waals surface area contributed by atoms with E-state index in [0.717, 1.165) is 18.0 Å². The summed E-state index contributed by atoms with van der Waals surface area (Å²) in [6.07, 6.45) is 2.59. The number of thioether (sulfide) groups is 1. The number of nitrogens with one attached hydrogen (secondary N) is 1. The third-order valence-electron chi connectivity index (χ3n) is 2.04. The van der Waals surface area contributed by atoms with Crippen LogP contribution in [0, 0.1) is 0 Å². The lowest BCUT2D eigenvalue weighted by Gasteiger charge is -2.15. The van der Waals surface area contributed by atoms with Gasteiger partial charge in [-0.1, -0.05) is 25.1 Å². The molecule has 4 nitrogen and oxygen atoms in total. The number of hydrogen-bond donors (Lipinski definition) is 1. The largest absolute Gasteiger partial charge is 0.366 e. The topological polar surface area (TPSA) is 44.7 Å². The molecule has 1 heterocycles. The first-order chi connectivity index (χ1) is 6.69. The van der Waals surface area contributed by atoms with E-state index in [2.05, 4.69) is 17.3 Å². The second kappa shape index (κ2) is 5.24. The Morgan fingerprint density at radius 2 is 2.43 bits per heavy atom. The van der Waals surface area contributed by atoms with Crippen LogP contribution in [-0.4, -0.2) is 28.5 Å². The lowest BCUT2D eigenvalue weighted by atomic mass is 10.2. The van der Waals surface area contributed by atoms with Gasteiger partial charge in [-0.3, -0.25) is 4.79 Å². The Labute approximate surface area is 89.1 Å². The Bertz CT molecular complexity index is 242. The third-order valence-corrected chi connectivity index (χ3v) is 3.09. The molecule has 1 rings (SSSR count). The Morgan fingerprint density at radius 1 is 1.71 bits per heavy atom. The van der Waals surface area contributed by atoms with Crippen molar-refractivity contribution in [2.45, 2.75) is 38.5 Å². The highest BCUT2D eigenvalue weighted by molar-refractivity contribution is 8.14. The summed E-state index contributed by atoms with van der Waals surface area (Å²) in [4.78, 5) is 11.7. The minimum atomic E-state index is 0.122. The van der Waals surface area contributed by atoms with Gasteiger partial charge in [0.2, 0.25) is 5.91 Å². The number of rotatable bonds is 3. The van der Waals surface area contributed by atoms with Crippen LogP contribution in [0.4, 0.5) is 0 Å². The Morgan fingerprint density at radius 3 is 2.93 bits per heavy atom. The average molecular weight is 215 g/mol. The van der Waals surface area contributed by atoms with E-state index >= 15 is 0 Å². The monoisotopic (exact) mass is 215 g/mol. The molecule has 0 saturated carbocycles. The van der Waals surface area contributed by atoms with E-state index in [9.17, 15) is 4.79 Å². The van der Waals surface area contributed by atoms with E-state index < -0.39 is 0 Å². The number of carbonyl (C=O) groups excluding carboxylic acids is 1. The van der Waals surface area contributed by atoms with Crippen molar-refractivity contribution in [3.63, 3.8) is 0 Å². The van der Waals surface area contributed by atoms with Crippen molar-refractivity contribution in [2.24, 2.45) is 5.10 Å². The molecule has 0 spiro atoms. The summed E-state index contributed by atoms with van der Waals surface area (Å²) in [6.45, 7) is 4.07. The molecule has 0 saturated heterocycles. The van der Waals surface area contributed by atoms with E-state index in [4.69, 9.17) is 0 Å². The molecular formula is C9H17N3OS. The van der Waals surface area contributed by atoms with Gasteiger partial charge in [-0.05, 0) is 13.3 Å². The van der Waals surface area contributed by atoms with E-state index in [1.165, 1.54) is 0 Å². The lowest BCUT2D eigenvalue weighted by Crippen LogP contribution is -2.28. The van der Waals surface area contributed by atoms with E-state index in [1.54, 1.807) is 16.8 Å². The van der Waals surface area contributed by atoms with Crippen molar-refractivity contribution in [1.29, 1.82) is 0 Å². The minimum absolute atomic E-state index is 0.122. The van der Waals surface area contributed by atoms with Gasteiger partial charge < -0.3 is 5.32 Å². The molecule has 1 aliphatic heterocycles. The van der Waals surface area contributed by atoms with Crippen LogP contribution < -0.4 is 5.32 Å². The van der Waals surface area contributed by atoms with Gasteiger partial charge in [0.15, 0.2) is 5.17 Å². The van der Waals surface area contributed by atoms with Crippen LogP contribution >= 0.6 is 11.8 Å². The van der Waals surface area contributed by atoms with Gasteiger partial charge in [-0.25, -0.2) is 5.01 Å². The summed E-state index contributed by atoms with van der Waals surface area (Å²) in [5.74, 6) is 0.122. The van der Waals surface area contributed by atoms with Crippen molar-refractivity contribution in [1.82, 2.24) is 10.3 Å². The molecule has 0 aromatic rings. The van der Waals surface area contributed by atoms with Crippen molar-refractivity contribution in [3.05, 3.63) is 0 Å². The molecule has 0 aromatic heterocycles. The fourth-order valence-electron chi connectivity index (χ4n) is 1.22. The first-order valence-electron chi connectivity index (χ1n) is 4.94. The van der Waals surface area contributed by atoms with Crippen LogP contribution in [0.3, 0.4) is 0 Å². The predicted molar refractivity (Wildman–Crippen MR) is 59.9 cm³/mol.